The number of carbonyl (C=O) groups excluding carboxylic acids is 1. The summed E-state index contributed by atoms with van der Waals surface area (Å²) in [7, 11) is 1.13. The molecule has 0 aromatic rings. The molecule has 0 unspecified atom stereocenters. The van der Waals surface area contributed by atoms with Crippen molar-refractivity contribution in [2.24, 2.45) is 0 Å². The van der Waals surface area contributed by atoms with Gasteiger partial charge in [-0.3, -0.25) is 0 Å². The van der Waals surface area contributed by atoms with Crippen LogP contribution in [0.1, 0.15) is 12.8 Å². The van der Waals surface area contributed by atoms with Crippen molar-refractivity contribution in [3.8, 4) is 0 Å². The summed E-state index contributed by atoms with van der Waals surface area (Å²) in [5.74, 6) is -1.21. The molecule has 0 heterocycles. The minimum Gasteiger partial charge on any atom is -0.505 e. The zero-order chi connectivity index (χ0) is 12.4. The highest BCUT2D eigenvalue weighted by Crippen LogP contribution is 2.11. The predicted molar refractivity (Wildman–Crippen MR) is 57.0 cm³/mol. The minimum absolute atomic E-state index is 0.172. The van der Waals surface area contributed by atoms with E-state index < -0.39 is 11.7 Å². The Morgan fingerprint density at radius 2 is 2.31 bits per heavy atom. The highest BCUT2D eigenvalue weighted by molar-refractivity contribution is 5.90. The first-order valence-electron chi connectivity index (χ1n) is 4.71. The normalized spacial score (nSPS) is 11.2. The Bertz CT molecular complexity index is 317. The molecule has 0 spiro atoms. The maximum atomic E-state index is 11.0. The summed E-state index contributed by atoms with van der Waals surface area (Å²) in [6, 6.07) is 0. The molecule has 0 bridgehead atoms. The van der Waals surface area contributed by atoms with Crippen molar-refractivity contribution in [2.45, 2.75) is 12.8 Å². The van der Waals surface area contributed by atoms with Crippen LogP contribution in [0.2, 0.25) is 0 Å². The van der Waals surface area contributed by atoms with Gasteiger partial charge in [-0.05, 0) is 6.42 Å². The molecule has 0 rings (SSSR count). The lowest BCUT2D eigenvalue weighted by Gasteiger charge is -1.99. The summed E-state index contributed by atoms with van der Waals surface area (Å²) in [6.07, 6.45) is 2.28. The summed E-state index contributed by atoms with van der Waals surface area (Å²) < 4.78 is 9.39. The molecule has 0 aromatic heterocycles. The fourth-order valence-corrected chi connectivity index (χ4v) is 0.940. The van der Waals surface area contributed by atoms with E-state index in [1.165, 1.54) is 0 Å². The third kappa shape index (κ3) is 5.12. The number of aliphatic hydroxyl groups is 1. The molecule has 1 N–H and O–H groups in total. The summed E-state index contributed by atoms with van der Waals surface area (Å²) in [5, 5.41) is 17.9. The Kier molecular flexibility index (Phi) is 7.45. The van der Waals surface area contributed by atoms with Crippen LogP contribution >= 0.6 is 0 Å². The second-order valence-electron chi connectivity index (χ2n) is 2.85. The van der Waals surface area contributed by atoms with Crippen molar-refractivity contribution in [3.63, 3.8) is 0 Å². The van der Waals surface area contributed by atoms with Gasteiger partial charge in [-0.2, -0.15) is 0 Å². The van der Waals surface area contributed by atoms with Crippen molar-refractivity contribution in [1.82, 2.24) is 0 Å². The van der Waals surface area contributed by atoms with Crippen molar-refractivity contribution < 1.29 is 19.4 Å². The first kappa shape index (κ1) is 14.1. The quantitative estimate of drug-likeness (QED) is 0.179. The van der Waals surface area contributed by atoms with Gasteiger partial charge in [0.25, 0.3) is 0 Å². The van der Waals surface area contributed by atoms with Crippen LogP contribution in [0.4, 0.5) is 0 Å². The average molecular weight is 227 g/mol. The zero-order valence-corrected chi connectivity index (χ0v) is 9.18. The Hall–Kier alpha value is -1.87. The Labute approximate surface area is 93.8 Å². The monoisotopic (exact) mass is 227 g/mol. The van der Waals surface area contributed by atoms with Crippen LogP contribution in [0.3, 0.4) is 0 Å². The number of rotatable bonds is 7. The van der Waals surface area contributed by atoms with Crippen molar-refractivity contribution in [2.75, 3.05) is 20.3 Å². The molecule has 88 valence electrons. The molecule has 0 radical (unpaired) electrons. The fourth-order valence-electron chi connectivity index (χ4n) is 0.940. The third-order valence-electron chi connectivity index (χ3n) is 1.69. The van der Waals surface area contributed by atoms with Crippen molar-refractivity contribution >= 4 is 5.97 Å². The standard InChI is InChI=1S/C10H14N2O4/c1-3-6-16-7-4-5-8(13)9(12-11)10(14)15-2/h3H,1,4-7H2,2H3/p+1. The van der Waals surface area contributed by atoms with Gasteiger partial charge in [0.1, 0.15) is 0 Å². The zero-order valence-electron chi connectivity index (χ0n) is 9.18. The predicted octanol–water partition coefficient (Wildman–Crippen LogP) is 1.76. The smallest absolute Gasteiger partial charge is 0.505 e. The molecule has 6 heteroatoms. The Balaban J connectivity index is 4.14. The molecule has 0 aliphatic rings. The number of diazo groups is 1. The lowest BCUT2D eigenvalue weighted by atomic mass is 10.2. The lowest BCUT2D eigenvalue weighted by molar-refractivity contribution is -0.136. The Morgan fingerprint density at radius 3 is 2.81 bits per heavy atom. The molecular formula is C10H15N2O4+. The van der Waals surface area contributed by atoms with E-state index in [-0.39, 0.29) is 12.2 Å². The molecule has 6 nitrogen and oxygen atoms in total. The Morgan fingerprint density at radius 1 is 1.62 bits per heavy atom. The van der Waals surface area contributed by atoms with Gasteiger partial charge in [0, 0.05) is 13.0 Å². The number of esters is 1. The second-order valence-corrected chi connectivity index (χ2v) is 2.85. The van der Waals surface area contributed by atoms with E-state index in [4.69, 9.17) is 10.1 Å². The van der Waals surface area contributed by atoms with Crippen molar-refractivity contribution in [3.05, 3.63) is 29.1 Å². The van der Waals surface area contributed by atoms with Crippen LogP contribution in [0.5, 0.6) is 0 Å². The van der Waals surface area contributed by atoms with E-state index in [1.54, 1.807) is 6.08 Å². The van der Waals surface area contributed by atoms with Gasteiger partial charge in [-0.15, -0.1) is 6.58 Å². The number of carbonyl (C=O) groups is 1. The number of aliphatic hydroxyl groups excluding tert-OH is 1. The van der Waals surface area contributed by atoms with Crippen LogP contribution in [0.15, 0.2) is 24.1 Å². The molecule has 0 aromatic carbocycles. The van der Waals surface area contributed by atoms with E-state index in [1.807, 2.05) is 0 Å². The van der Waals surface area contributed by atoms with E-state index >= 15 is 0 Å². The van der Waals surface area contributed by atoms with Crippen molar-refractivity contribution in [1.29, 1.82) is 5.39 Å². The number of ether oxygens (including phenoxy) is 2. The van der Waals surface area contributed by atoms with Gasteiger partial charge in [0.15, 0.2) is 10.7 Å². The topological polar surface area (TPSA) is 83.9 Å². The highest BCUT2D eigenvalue weighted by atomic mass is 16.5. The lowest BCUT2D eigenvalue weighted by Crippen LogP contribution is -2.05. The van der Waals surface area contributed by atoms with Gasteiger partial charge in [0.2, 0.25) is 5.39 Å². The van der Waals surface area contributed by atoms with E-state index in [9.17, 15) is 9.90 Å². The number of hydrogen-bond acceptors (Lipinski definition) is 5. The number of nitrogens with zero attached hydrogens (tertiary/aromatic N) is 2. The summed E-state index contributed by atoms with van der Waals surface area (Å²) in [6.45, 7) is 4.32. The largest absolute Gasteiger partial charge is 0.505 e. The van der Waals surface area contributed by atoms with E-state index in [2.05, 4.69) is 16.3 Å². The number of hydrogen-bond donors (Lipinski definition) is 1. The number of methoxy groups -OCH3 is 1. The van der Waals surface area contributed by atoms with Crippen LogP contribution in [-0.2, 0) is 14.3 Å². The van der Waals surface area contributed by atoms with Gasteiger partial charge < -0.3 is 14.6 Å². The maximum Gasteiger partial charge on any atom is 0.505 e. The number of allylic oxidation sites excluding steroid dienone is 1. The molecule has 0 amide bonds. The molecule has 0 aliphatic carbocycles. The molecular weight excluding hydrogens is 212 g/mol. The first-order valence-corrected chi connectivity index (χ1v) is 4.71. The van der Waals surface area contributed by atoms with Gasteiger partial charge in [-0.25, -0.2) is 4.79 Å². The molecule has 0 aliphatic heterocycles. The summed E-state index contributed by atoms with van der Waals surface area (Å²) in [5.41, 5.74) is -0.480. The molecule has 0 atom stereocenters. The van der Waals surface area contributed by atoms with Gasteiger partial charge in [0.05, 0.1) is 13.7 Å². The highest BCUT2D eigenvalue weighted by Gasteiger charge is 2.29. The summed E-state index contributed by atoms with van der Waals surface area (Å²) >= 11 is 0. The fraction of sp³-hybridized carbons (Fsp3) is 0.500. The molecule has 0 fully saturated rings. The van der Waals surface area contributed by atoms with E-state index in [0.717, 1.165) is 7.11 Å². The van der Waals surface area contributed by atoms with Crippen LogP contribution in [0, 0.1) is 5.39 Å². The summed E-state index contributed by atoms with van der Waals surface area (Å²) in [4.78, 5) is 13.7. The van der Waals surface area contributed by atoms with E-state index in [0.29, 0.717) is 19.6 Å². The molecule has 16 heavy (non-hydrogen) atoms. The molecule has 0 saturated carbocycles. The maximum absolute atomic E-state index is 11.0. The van der Waals surface area contributed by atoms with Gasteiger partial charge in [-0.1, -0.05) is 6.08 Å². The minimum atomic E-state index is -0.882. The molecule has 0 saturated heterocycles. The van der Waals surface area contributed by atoms with Gasteiger partial charge >= 0.3 is 11.7 Å². The van der Waals surface area contributed by atoms with Crippen LogP contribution in [-0.4, -0.2) is 31.4 Å². The first-order chi connectivity index (χ1) is 7.67. The van der Waals surface area contributed by atoms with Crippen LogP contribution < -0.4 is 0 Å². The SMILES string of the molecule is C=CCOCCC/C(O)=C(\[N+]#N)C(=O)OC. The average Bonchev–Trinajstić information content (AvgIpc) is 2.29. The third-order valence-corrected chi connectivity index (χ3v) is 1.69. The second kappa shape index (κ2) is 8.44. The van der Waals surface area contributed by atoms with Crippen LogP contribution in [0.25, 0.3) is 4.98 Å².